The number of rotatable bonds is 4. The van der Waals surface area contributed by atoms with Gasteiger partial charge in [-0.15, -0.1) is 0 Å². The van der Waals surface area contributed by atoms with E-state index in [0.717, 1.165) is 23.8 Å². The summed E-state index contributed by atoms with van der Waals surface area (Å²) in [7, 11) is 3.91. The monoisotopic (exact) mass is 222 g/mol. The summed E-state index contributed by atoms with van der Waals surface area (Å²) in [6.45, 7) is 6.94. The van der Waals surface area contributed by atoms with Gasteiger partial charge in [0.05, 0.1) is 0 Å². The first kappa shape index (κ1) is 12.9. The van der Waals surface area contributed by atoms with Crippen LogP contribution < -0.4 is 10.6 Å². The molecule has 0 bridgehead atoms. The molecule has 0 aliphatic rings. The van der Waals surface area contributed by atoms with E-state index in [2.05, 4.69) is 16.9 Å². The Morgan fingerprint density at radius 1 is 1.19 bits per heavy atom. The fourth-order valence-corrected chi connectivity index (χ4v) is 1.65. The van der Waals surface area contributed by atoms with Gasteiger partial charge in [0.1, 0.15) is 0 Å². The summed E-state index contributed by atoms with van der Waals surface area (Å²) in [6, 6.07) is 0. The summed E-state index contributed by atoms with van der Waals surface area (Å²) in [5.41, 5.74) is 9.02. The van der Waals surface area contributed by atoms with Crippen LogP contribution >= 0.6 is 0 Å². The molecule has 16 heavy (non-hydrogen) atoms. The van der Waals surface area contributed by atoms with Gasteiger partial charge in [-0.3, -0.25) is 0 Å². The van der Waals surface area contributed by atoms with E-state index in [4.69, 9.17) is 5.73 Å². The minimum atomic E-state index is 0.478. The van der Waals surface area contributed by atoms with Crippen LogP contribution in [0.4, 0.5) is 5.95 Å². The SMILES string of the molecule is Cc1nc(N(C)C)nc(C)c1CC(C)CN. The predicted molar refractivity (Wildman–Crippen MR) is 67.8 cm³/mol. The highest BCUT2D eigenvalue weighted by molar-refractivity contribution is 5.35. The smallest absolute Gasteiger partial charge is 0.225 e. The lowest BCUT2D eigenvalue weighted by Crippen LogP contribution is -2.18. The molecule has 0 saturated heterocycles. The van der Waals surface area contributed by atoms with Crippen LogP contribution in [0.25, 0.3) is 0 Å². The molecule has 0 radical (unpaired) electrons. The summed E-state index contributed by atoms with van der Waals surface area (Å²) in [4.78, 5) is 10.9. The lowest BCUT2D eigenvalue weighted by molar-refractivity contribution is 0.585. The second-order valence-electron chi connectivity index (χ2n) is 4.61. The number of anilines is 1. The molecule has 2 N–H and O–H groups in total. The zero-order valence-corrected chi connectivity index (χ0v) is 10.9. The van der Waals surface area contributed by atoms with Gasteiger partial charge >= 0.3 is 0 Å². The molecular weight excluding hydrogens is 200 g/mol. The molecule has 1 aromatic rings. The van der Waals surface area contributed by atoms with Crippen molar-refractivity contribution >= 4 is 5.95 Å². The van der Waals surface area contributed by atoms with Crippen molar-refractivity contribution < 1.29 is 0 Å². The van der Waals surface area contributed by atoms with E-state index in [1.807, 2.05) is 32.8 Å². The van der Waals surface area contributed by atoms with Crippen molar-refractivity contribution in [3.63, 3.8) is 0 Å². The van der Waals surface area contributed by atoms with E-state index in [1.54, 1.807) is 0 Å². The Kier molecular flexibility index (Phi) is 4.24. The Bertz CT molecular complexity index is 337. The molecule has 4 nitrogen and oxygen atoms in total. The standard InChI is InChI=1S/C12H22N4/c1-8(7-13)6-11-9(2)14-12(16(4)5)15-10(11)3/h8H,6-7,13H2,1-5H3. The third kappa shape index (κ3) is 2.92. The van der Waals surface area contributed by atoms with Gasteiger partial charge in [0.15, 0.2) is 0 Å². The zero-order valence-electron chi connectivity index (χ0n) is 10.9. The summed E-state index contributed by atoms with van der Waals surface area (Å²) in [5, 5.41) is 0. The first-order valence-electron chi connectivity index (χ1n) is 5.67. The summed E-state index contributed by atoms with van der Waals surface area (Å²) >= 11 is 0. The van der Waals surface area contributed by atoms with E-state index in [0.29, 0.717) is 12.5 Å². The Morgan fingerprint density at radius 3 is 2.06 bits per heavy atom. The highest BCUT2D eigenvalue weighted by Crippen LogP contribution is 2.17. The second kappa shape index (κ2) is 5.25. The lowest BCUT2D eigenvalue weighted by atomic mass is 9.99. The van der Waals surface area contributed by atoms with Crippen LogP contribution in [0.1, 0.15) is 23.9 Å². The number of hydrogen-bond acceptors (Lipinski definition) is 4. The zero-order chi connectivity index (χ0) is 12.3. The first-order chi connectivity index (χ1) is 7.45. The molecule has 1 aromatic heterocycles. The van der Waals surface area contributed by atoms with Gasteiger partial charge in [0.25, 0.3) is 0 Å². The molecule has 1 heterocycles. The third-order valence-electron chi connectivity index (χ3n) is 2.76. The number of aryl methyl sites for hydroxylation is 2. The summed E-state index contributed by atoms with van der Waals surface area (Å²) in [6.07, 6.45) is 0.960. The molecule has 0 fully saturated rings. The molecule has 0 spiro atoms. The Morgan fingerprint density at radius 2 is 1.69 bits per heavy atom. The van der Waals surface area contributed by atoms with Crippen LogP contribution in [-0.4, -0.2) is 30.6 Å². The van der Waals surface area contributed by atoms with Crippen molar-refractivity contribution in [3.05, 3.63) is 17.0 Å². The predicted octanol–water partition coefficient (Wildman–Crippen LogP) is 1.30. The maximum absolute atomic E-state index is 5.65. The Labute approximate surface area is 97.9 Å². The van der Waals surface area contributed by atoms with E-state index >= 15 is 0 Å². The van der Waals surface area contributed by atoms with Gasteiger partial charge in [-0.05, 0) is 38.3 Å². The van der Waals surface area contributed by atoms with Crippen molar-refractivity contribution in [1.29, 1.82) is 0 Å². The molecule has 90 valence electrons. The van der Waals surface area contributed by atoms with Crippen molar-refractivity contribution in [2.75, 3.05) is 25.5 Å². The quantitative estimate of drug-likeness (QED) is 0.834. The maximum Gasteiger partial charge on any atom is 0.225 e. The van der Waals surface area contributed by atoms with E-state index in [-0.39, 0.29) is 0 Å². The van der Waals surface area contributed by atoms with Crippen LogP contribution in [0, 0.1) is 19.8 Å². The fraction of sp³-hybridized carbons (Fsp3) is 0.667. The maximum atomic E-state index is 5.65. The Balaban J connectivity index is 3.03. The second-order valence-corrected chi connectivity index (χ2v) is 4.61. The average Bonchev–Trinajstić information content (AvgIpc) is 2.22. The minimum absolute atomic E-state index is 0.478. The van der Waals surface area contributed by atoms with Crippen molar-refractivity contribution in [2.24, 2.45) is 11.7 Å². The van der Waals surface area contributed by atoms with Gasteiger partial charge in [-0.2, -0.15) is 0 Å². The number of hydrogen-bond donors (Lipinski definition) is 1. The molecule has 1 unspecified atom stereocenters. The van der Waals surface area contributed by atoms with Gasteiger partial charge in [0.2, 0.25) is 5.95 Å². The topological polar surface area (TPSA) is 55.0 Å². The molecule has 0 aliphatic carbocycles. The first-order valence-corrected chi connectivity index (χ1v) is 5.67. The normalized spacial score (nSPS) is 12.6. The van der Waals surface area contributed by atoms with E-state index in [1.165, 1.54) is 5.56 Å². The Hall–Kier alpha value is -1.16. The summed E-state index contributed by atoms with van der Waals surface area (Å²) < 4.78 is 0. The van der Waals surface area contributed by atoms with Crippen molar-refractivity contribution in [3.8, 4) is 0 Å². The lowest BCUT2D eigenvalue weighted by Gasteiger charge is -2.16. The number of nitrogens with zero attached hydrogens (tertiary/aromatic N) is 3. The fourth-order valence-electron chi connectivity index (χ4n) is 1.65. The molecule has 4 heteroatoms. The van der Waals surface area contributed by atoms with Gasteiger partial charge in [-0.25, -0.2) is 9.97 Å². The third-order valence-corrected chi connectivity index (χ3v) is 2.76. The van der Waals surface area contributed by atoms with E-state index < -0.39 is 0 Å². The molecule has 0 aliphatic heterocycles. The average molecular weight is 222 g/mol. The highest BCUT2D eigenvalue weighted by atomic mass is 15.2. The molecule has 0 aromatic carbocycles. The molecule has 1 atom stereocenters. The molecular formula is C12H22N4. The van der Waals surface area contributed by atoms with Gasteiger partial charge in [0, 0.05) is 25.5 Å². The van der Waals surface area contributed by atoms with Gasteiger partial charge < -0.3 is 10.6 Å². The van der Waals surface area contributed by atoms with Crippen molar-refractivity contribution in [2.45, 2.75) is 27.2 Å². The van der Waals surface area contributed by atoms with Crippen LogP contribution in [0.2, 0.25) is 0 Å². The van der Waals surface area contributed by atoms with Crippen LogP contribution in [-0.2, 0) is 6.42 Å². The van der Waals surface area contributed by atoms with Crippen LogP contribution in [0.3, 0.4) is 0 Å². The minimum Gasteiger partial charge on any atom is -0.347 e. The summed E-state index contributed by atoms with van der Waals surface area (Å²) in [5.74, 6) is 1.25. The van der Waals surface area contributed by atoms with Gasteiger partial charge in [-0.1, -0.05) is 6.92 Å². The van der Waals surface area contributed by atoms with Crippen LogP contribution in [0.5, 0.6) is 0 Å². The highest BCUT2D eigenvalue weighted by Gasteiger charge is 2.11. The van der Waals surface area contributed by atoms with Crippen LogP contribution in [0.15, 0.2) is 0 Å². The molecule has 0 saturated carbocycles. The number of nitrogens with two attached hydrogens (primary N) is 1. The van der Waals surface area contributed by atoms with E-state index in [9.17, 15) is 0 Å². The largest absolute Gasteiger partial charge is 0.347 e. The van der Waals surface area contributed by atoms with Crippen molar-refractivity contribution in [1.82, 2.24) is 9.97 Å². The molecule has 0 amide bonds. The number of aromatic nitrogens is 2. The molecule has 1 rings (SSSR count).